The topological polar surface area (TPSA) is 62.4 Å². The van der Waals surface area contributed by atoms with Crippen molar-refractivity contribution in [1.29, 1.82) is 0 Å². The molecule has 1 aliphatic heterocycles. The highest BCUT2D eigenvalue weighted by molar-refractivity contribution is 7.80. The highest BCUT2D eigenvalue weighted by atomic mass is 32.1. The standard InChI is InChI=1S/C13H16FN3O2S/c14-10-1-3-11(4-2-10)15-13(20)17-16-12(18)9-5-7-19-8-6-9/h1-4,9H,5-8H2,(H,16,18)(H2,15,17,20). The van der Waals surface area contributed by atoms with E-state index in [1.54, 1.807) is 12.1 Å². The molecule has 0 spiro atoms. The molecule has 1 aromatic rings. The summed E-state index contributed by atoms with van der Waals surface area (Å²) in [5, 5.41) is 3.09. The molecule has 1 fully saturated rings. The zero-order valence-corrected chi connectivity index (χ0v) is 11.6. The lowest BCUT2D eigenvalue weighted by Crippen LogP contribution is -2.47. The number of carbonyl (C=O) groups excluding carboxylic acids is 1. The van der Waals surface area contributed by atoms with Crippen LogP contribution in [0.15, 0.2) is 24.3 Å². The summed E-state index contributed by atoms with van der Waals surface area (Å²) in [5.41, 5.74) is 5.83. The van der Waals surface area contributed by atoms with Crippen molar-refractivity contribution in [2.75, 3.05) is 18.5 Å². The predicted octanol–water partition coefficient (Wildman–Crippen LogP) is 1.57. The fourth-order valence-electron chi connectivity index (χ4n) is 1.88. The molecule has 1 heterocycles. The smallest absolute Gasteiger partial charge is 0.241 e. The fraction of sp³-hybridized carbons (Fsp3) is 0.385. The van der Waals surface area contributed by atoms with Crippen molar-refractivity contribution >= 4 is 28.9 Å². The van der Waals surface area contributed by atoms with Gasteiger partial charge < -0.3 is 10.1 Å². The van der Waals surface area contributed by atoms with Gasteiger partial charge in [-0.05, 0) is 49.3 Å². The molecule has 3 N–H and O–H groups in total. The van der Waals surface area contributed by atoms with Crippen LogP contribution in [0.3, 0.4) is 0 Å². The van der Waals surface area contributed by atoms with Crippen LogP contribution in [0.1, 0.15) is 12.8 Å². The lowest BCUT2D eigenvalue weighted by molar-refractivity contribution is -0.128. The van der Waals surface area contributed by atoms with Gasteiger partial charge in [0, 0.05) is 24.8 Å². The van der Waals surface area contributed by atoms with Gasteiger partial charge in [-0.15, -0.1) is 0 Å². The number of ether oxygens (including phenoxy) is 1. The number of halogens is 1. The molecule has 1 saturated heterocycles. The van der Waals surface area contributed by atoms with Crippen molar-refractivity contribution < 1.29 is 13.9 Å². The van der Waals surface area contributed by atoms with E-state index < -0.39 is 0 Å². The minimum Gasteiger partial charge on any atom is -0.381 e. The molecular weight excluding hydrogens is 281 g/mol. The zero-order chi connectivity index (χ0) is 14.4. The Kier molecular flexibility index (Phi) is 5.25. The second kappa shape index (κ2) is 7.16. The monoisotopic (exact) mass is 297 g/mol. The number of hydrogen-bond donors (Lipinski definition) is 3. The molecule has 108 valence electrons. The summed E-state index contributed by atoms with van der Waals surface area (Å²) in [4.78, 5) is 11.8. The Labute approximate surface area is 121 Å². The van der Waals surface area contributed by atoms with E-state index in [0.717, 1.165) is 0 Å². The van der Waals surface area contributed by atoms with Crippen LogP contribution in [0, 0.1) is 11.7 Å². The zero-order valence-electron chi connectivity index (χ0n) is 10.8. The van der Waals surface area contributed by atoms with Gasteiger partial charge in [0.25, 0.3) is 0 Å². The average molecular weight is 297 g/mol. The Morgan fingerprint density at radius 1 is 1.20 bits per heavy atom. The fourth-order valence-corrected chi connectivity index (χ4v) is 2.04. The first-order valence-corrected chi connectivity index (χ1v) is 6.76. The Bertz CT molecular complexity index is 475. The first-order chi connectivity index (χ1) is 9.65. The summed E-state index contributed by atoms with van der Waals surface area (Å²) in [6.45, 7) is 1.22. The summed E-state index contributed by atoms with van der Waals surface area (Å²) in [6, 6.07) is 5.77. The van der Waals surface area contributed by atoms with E-state index in [9.17, 15) is 9.18 Å². The Morgan fingerprint density at radius 2 is 1.85 bits per heavy atom. The Balaban J connectivity index is 1.74. The van der Waals surface area contributed by atoms with E-state index >= 15 is 0 Å². The van der Waals surface area contributed by atoms with Crippen LogP contribution in [0.25, 0.3) is 0 Å². The van der Waals surface area contributed by atoms with Crippen LogP contribution < -0.4 is 16.2 Å². The maximum Gasteiger partial charge on any atom is 0.241 e. The minimum absolute atomic E-state index is 0.0510. The number of rotatable bonds is 2. The molecule has 1 aromatic carbocycles. The number of anilines is 1. The maximum atomic E-state index is 12.7. The first-order valence-electron chi connectivity index (χ1n) is 6.35. The molecule has 0 aliphatic carbocycles. The van der Waals surface area contributed by atoms with Crippen molar-refractivity contribution in [2.45, 2.75) is 12.8 Å². The number of nitrogens with one attached hydrogen (secondary N) is 3. The summed E-state index contributed by atoms with van der Waals surface area (Å²) in [6.07, 6.45) is 1.43. The molecule has 0 aromatic heterocycles. The molecule has 0 saturated carbocycles. The first kappa shape index (κ1) is 14.7. The Hall–Kier alpha value is -1.73. The van der Waals surface area contributed by atoms with E-state index in [0.29, 0.717) is 31.7 Å². The van der Waals surface area contributed by atoms with Crippen molar-refractivity contribution in [1.82, 2.24) is 10.9 Å². The van der Waals surface area contributed by atoms with Crippen molar-refractivity contribution in [2.24, 2.45) is 5.92 Å². The summed E-state index contributed by atoms with van der Waals surface area (Å²) < 4.78 is 17.9. The lowest BCUT2D eigenvalue weighted by Gasteiger charge is -2.21. The number of benzene rings is 1. The van der Waals surface area contributed by atoms with Gasteiger partial charge in [0.2, 0.25) is 5.91 Å². The van der Waals surface area contributed by atoms with Crippen LogP contribution in [-0.2, 0) is 9.53 Å². The largest absolute Gasteiger partial charge is 0.381 e. The molecule has 7 heteroatoms. The van der Waals surface area contributed by atoms with Gasteiger partial charge in [0.05, 0.1) is 0 Å². The van der Waals surface area contributed by atoms with Crippen molar-refractivity contribution in [3.8, 4) is 0 Å². The van der Waals surface area contributed by atoms with Crippen LogP contribution in [0.2, 0.25) is 0 Å². The number of hydrogen-bond acceptors (Lipinski definition) is 3. The number of amides is 1. The predicted molar refractivity (Wildman–Crippen MR) is 77.4 cm³/mol. The number of carbonyl (C=O) groups is 1. The van der Waals surface area contributed by atoms with Crippen LogP contribution in [0.4, 0.5) is 10.1 Å². The minimum atomic E-state index is -0.317. The third-order valence-electron chi connectivity index (χ3n) is 2.99. The quantitative estimate of drug-likeness (QED) is 0.571. The van der Waals surface area contributed by atoms with E-state index in [-0.39, 0.29) is 22.8 Å². The van der Waals surface area contributed by atoms with Crippen LogP contribution in [0.5, 0.6) is 0 Å². The highest BCUT2D eigenvalue weighted by Gasteiger charge is 2.21. The molecule has 1 amide bonds. The van der Waals surface area contributed by atoms with Crippen molar-refractivity contribution in [3.63, 3.8) is 0 Å². The SMILES string of the molecule is O=C(NNC(=S)Nc1ccc(F)cc1)C1CCOCC1. The highest BCUT2D eigenvalue weighted by Crippen LogP contribution is 2.14. The number of thiocarbonyl (C=S) groups is 1. The molecule has 20 heavy (non-hydrogen) atoms. The summed E-state index contributed by atoms with van der Waals surface area (Å²) in [5.74, 6) is -0.469. The molecule has 5 nitrogen and oxygen atoms in total. The molecule has 0 atom stereocenters. The van der Waals surface area contributed by atoms with E-state index in [1.165, 1.54) is 12.1 Å². The van der Waals surface area contributed by atoms with Crippen LogP contribution >= 0.6 is 12.2 Å². The van der Waals surface area contributed by atoms with Gasteiger partial charge in [-0.3, -0.25) is 15.6 Å². The van der Waals surface area contributed by atoms with Gasteiger partial charge in [0.15, 0.2) is 5.11 Å². The second-order valence-corrected chi connectivity index (χ2v) is 4.87. The van der Waals surface area contributed by atoms with Gasteiger partial charge in [-0.25, -0.2) is 4.39 Å². The maximum absolute atomic E-state index is 12.7. The molecule has 0 bridgehead atoms. The van der Waals surface area contributed by atoms with Gasteiger partial charge in [-0.1, -0.05) is 0 Å². The summed E-state index contributed by atoms with van der Waals surface area (Å²) >= 11 is 5.03. The van der Waals surface area contributed by atoms with Gasteiger partial charge in [0.1, 0.15) is 5.82 Å². The molecule has 2 rings (SSSR count). The molecule has 0 radical (unpaired) electrons. The third-order valence-corrected chi connectivity index (χ3v) is 3.20. The molecule has 1 aliphatic rings. The van der Waals surface area contributed by atoms with E-state index in [2.05, 4.69) is 16.2 Å². The molecule has 0 unspecified atom stereocenters. The van der Waals surface area contributed by atoms with Crippen molar-refractivity contribution in [3.05, 3.63) is 30.1 Å². The molecular formula is C13H16FN3O2S. The van der Waals surface area contributed by atoms with Crippen LogP contribution in [-0.4, -0.2) is 24.2 Å². The lowest BCUT2D eigenvalue weighted by atomic mass is 10.00. The Morgan fingerprint density at radius 3 is 2.50 bits per heavy atom. The van der Waals surface area contributed by atoms with E-state index in [4.69, 9.17) is 17.0 Å². The summed E-state index contributed by atoms with van der Waals surface area (Å²) in [7, 11) is 0. The van der Waals surface area contributed by atoms with Gasteiger partial charge in [-0.2, -0.15) is 0 Å². The van der Waals surface area contributed by atoms with E-state index in [1.807, 2.05) is 0 Å². The van der Waals surface area contributed by atoms with Gasteiger partial charge >= 0.3 is 0 Å². The normalized spacial score (nSPS) is 15.4. The average Bonchev–Trinajstić information content (AvgIpc) is 2.48. The number of hydrazine groups is 1. The third kappa shape index (κ3) is 4.43. The second-order valence-electron chi connectivity index (χ2n) is 4.46.